The summed E-state index contributed by atoms with van der Waals surface area (Å²) in [4.78, 5) is 19.0. The van der Waals surface area contributed by atoms with E-state index in [4.69, 9.17) is 0 Å². The number of pyridine rings is 1. The molecule has 16 heavy (non-hydrogen) atoms. The lowest BCUT2D eigenvalue weighted by Crippen LogP contribution is -2.23. The fraction of sp³-hybridized carbons (Fsp3) is 0.167. The van der Waals surface area contributed by atoms with Crippen molar-refractivity contribution in [2.24, 2.45) is 0 Å². The Morgan fingerprint density at radius 3 is 2.88 bits per heavy atom. The van der Waals surface area contributed by atoms with Gasteiger partial charge in [-0.2, -0.15) is 0 Å². The molecule has 0 bridgehead atoms. The van der Waals surface area contributed by atoms with Crippen LogP contribution < -0.4 is 0 Å². The topological polar surface area (TPSA) is 33.2 Å². The van der Waals surface area contributed by atoms with Gasteiger partial charge in [0.05, 0.1) is 12.1 Å². The van der Waals surface area contributed by atoms with Gasteiger partial charge >= 0.3 is 0 Å². The predicted octanol–water partition coefficient (Wildman–Crippen LogP) is 2.30. The van der Waals surface area contributed by atoms with Crippen LogP contribution in [0.15, 0.2) is 36.0 Å². The summed E-state index contributed by atoms with van der Waals surface area (Å²) in [5, 5.41) is 1.98. The van der Waals surface area contributed by atoms with Gasteiger partial charge in [-0.3, -0.25) is 9.78 Å². The van der Waals surface area contributed by atoms with Crippen LogP contribution in [0.25, 0.3) is 0 Å². The largest absolute Gasteiger partial charge is 0.329 e. The van der Waals surface area contributed by atoms with E-state index in [0.717, 1.165) is 17.7 Å². The second-order valence-corrected chi connectivity index (χ2v) is 4.77. The molecular formula is C12H10N2OS. The third-order valence-corrected chi connectivity index (χ3v) is 3.63. The number of hydrogen-bond donors (Lipinski definition) is 0. The third-order valence-electron chi connectivity index (χ3n) is 2.72. The number of carbonyl (C=O) groups is 1. The monoisotopic (exact) mass is 230 g/mol. The second-order valence-electron chi connectivity index (χ2n) is 3.77. The van der Waals surface area contributed by atoms with E-state index >= 15 is 0 Å². The minimum atomic E-state index is 0.146. The van der Waals surface area contributed by atoms with E-state index in [2.05, 4.69) is 4.98 Å². The van der Waals surface area contributed by atoms with Crippen molar-refractivity contribution < 1.29 is 4.79 Å². The predicted molar refractivity (Wildman–Crippen MR) is 62.1 cm³/mol. The van der Waals surface area contributed by atoms with Gasteiger partial charge < -0.3 is 4.90 Å². The van der Waals surface area contributed by atoms with E-state index in [1.807, 2.05) is 28.5 Å². The van der Waals surface area contributed by atoms with Crippen molar-refractivity contribution in [3.05, 3.63) is 52.0 Å². The number of rotatable bonds is 2. The van der Waals surface area contributed by atoms with Crippen LogP contribution in [-0.4, -0.2) is 15.8 Å². The Hall–Kier alpha value is -1.68. The number of hydrogen-bond acceptors (Lipinski definition) is 3. The van der Waals surface area contributed by atoms with E-state index < -0.39 is 0 Å². The average molecular weight is 230 g/mol. The molecule has 0 fully saturated rings. The van der Waals surface area contributed by atoms with Crippen LogP contribution >= 0.6 is 11.3 Å². The second kappa shape index (κ2) is 3.72. The van der Waals surface area contributed by atoms with Gasteiger partial charge in [-0.1, -0.05) is 0 Å². The summed E-state index contributed by atoms with van der Waals surface area (Å²) in [6, 6.07) is 5.80. The van der Waals surface area contributed by atoms with Crippen molar-refractivity contribution in [3.63, 3.8) is 0 Å². The molecule has 3 heterocycles. The van der Waals surface area contributed by atoms with Crippen molar-refractivity contribution in [1.82, 2.24) is 9.88 Å². The third kappa shape index (κ3) is 1.51. The highest BCUT2D eigenvalue weighted by Gasteiger charge is 2.27. The molecule has 80 valence electrons. The number of nitrogens with zero attached hydrogens (tertiary/aromatic N) is 2. The molecule has 3 nitrogen and oxygen atoms in total. The van der Waals surface area contributed by atoms with Crippen molar-refractivity contribution in [2.45, 2.75) is 13.1 Å². The minimum Gasteiger partial charge on any atom is -0.329 e. The Balaban J connectivity index is 1.80. The highest BCUT2D eigenvalue weighted by atomic mass is 32.1. The first kappa shape index (κ1) is 9.54. The van der Waals surface area contributed by atoms with E-state index in [0.29, 0.717) is 6.54 Å². The van der Waals surface area contributed by atoms with Crippen LogP contribution in [0.1, 0.15) is 20.8 Å². The summed E-state index contributed by atoms with van der Waals surface area (Å²) >= 11 is 1.66. The quantitative estimate of drug-likeness (QED) is 0.793. The van der Waals surface area contributed by atoms with Gasteiger partial charge in [0, 0.05) is 23.8 Å². The normalized spacial score (nSPS) is 14.2. The zero-order valence-electron chi connectivity index (χ0n) is 8.59. The van der Waals surface area contributed by atoms with E-state index in [1.54, 1.807) is 23.7 Å². The Kier molecular flexibility index (Phi) is 2.22. The van der Waals surface area contributed by atoms with Gasteiger partial charge in [0.15, 0.2) is 0 Å². The van der Waals surface area contributed by atoms with Crippen LogP contribution in [0.4, 0.5) is 0 Å². The molecule has 0 atom stereocenters. The van der Waals surface area contributed by atoms with Gasteiger partial charge in [-0.05, 0) is 29.1 Å². The van der Waals surface area contributed by atoms with Crippen molar-refractivity contribution in [1.29, 1.82) is 0 Å². The molecule has 0 aromatic carbocycles. The highest BCUT2D eigenvalue weighted by Crippen LogP contribution is 2.28. The molecule has 4 heteroatoms. The maximum Gasteiger partial charge on any atom is 0.255 e. The smallest absolute Gasteiger partial charge is 0.255 e. The fourth-order valence-electron chi connectivity index (χ4n) is 1.91. The van der Waals surface area contributed by atoms with Gasteiger partial charge in [0.1, 0.15) is 0 Å². The molecule has 0 N–H and O–H groups in total. The first-order valence-electron chi connectivity index (χ1n) is 5.09. The summed E-state index contributed by atoms with van der Waals surface area (Å²) in [7, 11) is 0. The minimum absolute atomic E-state index is 0.146. The maximum atomic E-state index is 12.0. The van der Waals surface area contributed by atoms with Crippen molar-refractivity contribution in [2.75, 3.05) is 0 Å². The Labute approximate surface area is 97.4 Å². The van der Waals surface area contributed by atoms with Gasteiger partial charge in [-0.25, -0.2) is 0 Å². The van der Waals surface area contributed by atoms with Crippen molar-refractivity contribution in [3.8, 4) is 0 Å². The lowest BCUT2D eigenvalue weighted by molar-refractivity contribution is 0.0767. The maximum absolute atomic E-state index is 12.0. The summed E-state index contributed by atoms with van der Waals surface area (Å²) in [5.41, 5.74) is 2.00. The molecular weight excluding hydrogens is 220 g/mol. The first-order valence-corrected chi connectivity index (χ1v) is 5.97. The summed E-state index contributed by atoms with van der Waals surface area (Å²) < 4.78 is 0. The Bertz CT molecular complexity index is 521. The number of fused-ring (bicyclic) bond motifs is 1. The van der Waals surface area contributed by atoms with Crippen LogP contribution in [0.3, 0.4) is 0 Å². The zero-order chi connectivity index (χ0) is 11.0. The number of amides is 1. The van der Waals surface area contributed by atoms with E-state index in [-0.39, 0.29) is 5.91 Å². The molecule has 2 aromatic rings. The van der Waals surface area contributed by atoms with E-state index in [9.17, 15) is 4.79 Å². The zero-order valence-corrected chi connectivity index (χ0v) is 9.41. The molecule has 2 aromatic heterocycles. The summed E-state index contributed by atoms with van der Waals surface area (Å²) in [6.07, 6.45) is 3.51. The fourth-order valence-corrected chi connectivity index (χ4v) is 2.79. The number of thiophene rings is 1. The molecule has 0 aliphatic carbocycles. The molecule has 3 rings (SSSR count). The lowest BCUT2D eigenvalue weighted by atomic mass is 10.2. The average Bonchev–Trinajstić information content (AvgIpc) is 2.86. The molecule has 0 radical (unpaired) electrons. The van der Waals surface area contributed by atoms with Crippen LogP contribution in [-0.2, 0) is 13.1 Å². The molecule has 0 saturated heterocycles. The molecule has 1 amide bonds. The molecule has 0 unspecified atom stereocenters. The summed E-state index contributed by atoms with van der Waals surface area (Å²) in [5.74, 6) is 0.146. The Morgan fingerprint density at radius 2 is 2.12 bits per heavy atom. The van der Waals surface area contributed by atoms with Crippen LogP contribution in [0.5, 0.6) is 0 Å². The van der Waals surface area contributed by atoms with Gasteiger partial charge in [0.2, 0.25) is 0 Å². The van der Waals surface area contributed by atoms with Gasteiger partial charge in [-0.15, -0.1) is 11.3 Å². The van der Waals surface area contributed by atoms with E-state index in [1.165, 1.54) is 4.88 Å². The first-order chi connectivity index (χ1) is 7.84. The van der Waals surface area contributed by atoms with Gasteiger partial charge in [0.25, 0.3) is 5.91 Å². The highest BCUT2D eigenvalue weighted by molar-refractivity contribution is 7.10. The van der Waals surface area contributed by atoms with Crippen molar-refractivity contribution >= 4 is 17.2 Å². The van der Waals surface area contributed by atoms with Crippen LogP contribution in [0.2, 0.25) is 0 Å². The number of carbonyl (C=O) groups excluding carboxylic acids is 1. The summed E-state index contributed by atoms with van der Waals surface area (Å²) in [6.45, 7) is 1.41. The van der Waals surface area contributed by atoms with Crippen LogP contribution in [0, 0.1) is 0 Å². The molecule has 0 spiro atoms. The molecule has 0 saturated carbocycles. The molecule has 1 aliphatic rings. The Morgan fingerprint density at radius 1 is 1.31 bits per heavy atom. The number of aromatic nitrogens is 1. The molecule has 1 aliphatic heterocycles. The lowest BCUT2D eigenvalue weighted by Gasteiger charge is -2.15. The standard InChI is InChI=1S/C12H10N2OS/c15-12-10-3-6-16-11(10)8-14(12)7-9-1-4-13-5-2-9/h1-6H,7-8H2. The SMILES string of the molecule is O=C1c2ccsc2CN1Cc1ccncc1.